The predicted octanol–water partition coefficient (Wildman–Crippen LogP) is 2.54. The van der Waals surface area contributed by atoms with E-state index in [2.05, 4.69) is 17.8 Å². The quantitative estimate of drug-likeness (QED) is 0.697. The van der Waals surface area contributed by atoms with Crippen molar-refractivity contribution in [1.29, 1.82) is 0 Å². The fraction of sp³-hybridized carbons (Fsp3) is 0.700. The zero-order chi connectivity index (χ0) is 8.84. The molecule has 2 aliphatic rings. The molecule has 0 aliphatic heterocycles. The molecule has 2 unspecified atom stereocenters. The van der Waals surface area contributed by atoms with Crippen LogP contribution in [0.2, 0.25) is 0 Å². The SMILES string of the molecule is SCc1noc2c1C1CCC(C2)C1. The van der Waals surface area contributed by atoms with Gasteiger partial charge < -0.3 is 4.52 Å². The molecular formula is C10H13NOS. The molecule has 1 saturated carbocycles. The highest BCUT2D eigenvalue weighted by atomic mass is 32.1. The van der Waals surface area contributed by atoms with Crippen LogP contribution in [0.4, 0.5) is 0 Å². The van der Waals surface area contributed by atoms with E-state index >= 15 is 0 Å². The van der Waals surface area contributed by atoms with Crippen molar-refractivity contribution < 1.29 is 4.52 Å². The zero-order valence-electron chi connectivity index (χ0n) is 7.49. The summed E-state index contributed by atoms with van der Waals surface area (Å²) in [5.41, 5.74) is 2.49. The van der Waals surface area contributed by atoms with Crippen LogP contribution in [-0.2, 0) is 12.2 Å². The molecule has 2 bridgehead atoms. The second-order valence-corrected chi connectivity index (χ2v) is 4.52. The van der Waals surface area contributed by atoms with Crippen molar-refractivity contribution in [2.75, 3.05) is 0 Å². The van der Waals surface area contributed by atoms with Crippen molar-refractivity contribution in [3.05, 3.63) is 17.0 Å². The Morgan fingerprint density at radius 1 is 1.46 bits per heavy atom. The molecule has 0 saturated heterocycles. The Balaban J connectivity index is 2.09. The molecule has 1 aromatic heterocycles. The molecule has 1 aromatic rings. The molecule has 0 N–H and O–H groups in total. The van der Waals surface area contributed by atoms with E-state index in [1.807, 2.05) is 0 Å². The minimum atomic E-state index is 0.722. The fourth-order valence-corrected chi connectivity index (χ4v) is 3.11. The number of hydrogen-bond donors (Lipinski definition) is 1. The molecule has 2 aliphatic carbocycles. The van der Waals surface area contributed by atoms with Crippen molar-refractivity contribution in [2.24, 2.45) is 5.92 Å². The number of hydrogen-bond acceptors (Lipinski definition) is 3. The summed E-state index contributed by atoms with van der Waals surface area (Å²) in [5.74, 6) is 3.49. The van der Waals surface area contributed by atoms with Crippen LogP contribution in [-0.4, -0.2) is 5.16 Å². The number of thiol groups is 1. The molecule has 0 aromatic carbocycles. The summed E-state index contributed by atoms with van der Waals surface area (Å²) in [5, 5.41) is 4.08. The lowest BCUT2D eigenvalue weighted by molar-refractivity contribution is 0.346. The van der Waals surface area contributed by atoms with E-state index in [4.69, 9.17) is 4.52 Å². The lowest BCUT2D eigenvalue weighted by Crippen LogP contribution is -2.09. The van der Waals surface area contributed by atoms with E-state index in [0.717, 1.165) is 35.5 Å². The van der Waals surface area contributed by atoms with Gasteiger partial charge in [-0.3, -0.25) is 0 Å². The first-order valence-electron chi connectivity index (χ1n) is 4.96. The van der Waals surface area contributed by atoms with Crippen molar-refractivity contribution in [1.82, 2.24) is 5.16 Å². The van der Waals surface area contributed by atoms with Gasteiger partial charge in [-0.05, 0) is 31.1 Å². The van der Waals surface area contributed by atoms with E-state index in [9.17, 15) is 0 Å². The summed E-state index contributed by atoms with van der Waals surface area (Å²) in [7, 11) is 0. The van der Waals surface area contributed by atoms with E-state index < -0.39 is 0 Å². The second kappa shape index (κ2) is 2.77. The van der Waals surface area contributed by atoms with Gasteiger partial charge in [-0.2, -0.15) is 12.6 Å². The predicted molar refractivity (Wildman–Crippen MR) is 53.0 cm³/mol. The summed E-state index contributed by atoms with van der Waals surface area (Å²) in [6, 6.07) is 0. The normalized spacial score (nSPS) is 30.5. The number of fused-ring (bicyclic) bond motifs is 4. The molecule has 3 heteroatoms. The minimum absolute atomic E-state index is 0.722. The summed E-state index contributed by atoms with van der Waals surface area (Å²) >= 11 is 4.28. The monoisotopic (exact) mass is 195 g/mol. The van der Waals surface area contributed by atoms with E-state index in [-0.39, 0.29) is 0 Å². The highest BCUT2D eigenvalue weighted by Gasteiger charge is 2.37. The summed E-state index contributed by atoms with van der Waals surface area (Å²) < 4.78 is 5.36. The lowest BCUT2D eigenvalue weighted by Gasteiger charge is -2.17. The largest absolute Gasteiger partial charge is 0.361 e. The van der Waals surface area contributed by atoms with E-state index in [1.54, 1.807) is 0 Å². The molecule has 13 heavy (non-hydrogen) atoms. The Morgan fingerprint density at radius 3 is 3.23 bits per heavy atom. The molecule has 0 radical (unpaired) electrons. The Kier molecular flexibility index (Phi) is 1.69. The van der Waals surface area contributed by atoms with Gasteiger partial charge in [0.05, 0.1) is 5.69 Å². The van der Waals surface area contributed by atoms with Crippen molar-refractivity contribution >= 4 is 12.6 Å². The average molecular weight is 195 g/mol. The number of rotatable bonds is 1. The van der Waals surface area contributed by atoms with Gasteiger partial charge in [0.1, 0.15) is 5.76 Å². The Hall–Kier alpha value is -0.440. The Labute approximate surface area is 83.1 Å². The third-order valence-electron chi connectivity index (χ3n) is 3.45. The van der Waals surface area contributed by atoms with Gasteiger partial charge in [0.25, 0.3) is 0 Å². The van der Waals surface area contributed by atoms with Gasteiger partial charge in [-0.1, -0.05) is 5.16 Å². The Bertz CT molecular complexity index is 334. The van der Waals surface area contributed by atoms with Crippen molar-refractivity contribution in [3.8, 4) is 0 Å². The fourth-order valence-electron chi connectivity index (χ4n) is 2.88. The van der Waals surface area contributed by atoms with Crippen LogP contribution in [0.5, 0.6) is 0 Å². The first-order chi connectivity index (χ1) is 6.38. The van der Waals surface area contributed by atoms with Crippen LogP contribution >= 0.6 is 12.6 Å². The maximum absolute atomic E-state index is 5.36. The van der Waals surface area contributed by atoms with Gasteiger partial charge in [-0.15, -0.1) is 0 Å². The van der Waals surface area contributed by atoms with Gasteiger partial charge in [0.15, 0.2) is 0 Å². The van der Waals surface area contributed by atoms with Crippen LogP contribution in [0.25, 0.3) is 0 Å². The smallest absolute Gasteiger partial charge is 0.140 e. The molecule has 2 atom stereocenters. The number of aromatic nitrogens is 1. The summed E-state index contributed by atoms with van der Waals surface area (Å²) in [4.78, 5) is 0. The maximum Gasteiger partial charge on any atom is 0.140 e. The zero-order valence-corrected chi connectivity index (χ0v) is 8.39. The highest BCUT2D eigenvalue weighted by molar-refractivity contribution is 7.79. The van der Waals surface area contributed by atoms with Crippen molar-refractivity contribution in [3.63, 3.8) is 0 Å². The highest BCUT2D eigenvalue weighted by Crippen LogP contribution is 2.47. The van der Waals surface area contributed by atoms with E-state index in [1.165, 1.54) is 24.8 Å². The Morgan fingerprint density at radius 2 is 2.38 bits per heavy atom. The molecular weight excluding hydrogens is 182 g/mol. The molecule has 0 amide bonds. The maximum atomic E-state index is 5.36. The van der Waals surface area contributed by atoms with Gasteiger partial charge in [0.2, 0.25) is 0 Å². The van der Waals surface area contributed by atoms with Crippen LogP contribution in [0.3, 0.4) is 0 Å². The second-order valence-electron chi connectivity index (χ2n) is 4.20. The first-order valence-corrected chi connectivity index (χ1v) is 5.60. The van der Waals surface area contributed by atoms with Crippen LogP contribution in [0.15, 0.2) is 4.52 Å². The standard InChI is InChI=1S/C10H13NOS/c13-5-8-10-7-2-1-6(3-7)4-9(10)12-11-8/h6-7,13H,1-5H2. The first kappa shape index (κ1) is 7.92. The van der Waals surface area contributed by atoms with Crippen molar-refractivity contribution in [2.45, 2.75) is 37.4 Å². The molecule has 1 heterocycles. The third-order valence-corrected chi connectivity index (χ3v) is 3.75. The third kappa shape index (κ3) is 1.06. The van der Waals surface area contributed by atoms with E-state index in [0.29, 0.717) is 0 Å². The molecule has 70 valence electrons. The van der Waals surface area contributed by atoms with Gasteiger partial charge in [-0.25, -0.2) is 0 Å². The van der Waals surface area contributed by atoms with Crippen LogP contribution in [0, 0.1) is 5.92 Å². The summed E-state index contributed by atoms with van der Waals surface area (Å²) in [6.07, 6.45) is 5.18. The molecule has 1 fully saturated rings. The molecule has 3 rings (SSSR count). The topological polar surface area (TPSA) is 26.0 Å². The van der Waals surface area contributed by atoms with Crippen LogP contribution in [0.1, 0.15) is 42.2 Å². The lowest BCUT2D eigenvalue weighted by atomic mass is 9.86. The van der Waals surface area contributed by atoms with Crippen LogP contribution < -0.4 is 0 Å². The minimum Gasteiger partial charge on any atom is -0.361 e. The number of nitrogens with zero attached hydrogens (tertiary/aromatic N) is 1. The van der Waals surface area contributed by atoms with Gasteiger partial charge >= 0.3 is 0 Å². The molecule has 0 spiro atoms. The summed E-state index contributed by atoms with van der Waals surface area (Å²) in [6.45, 7) is 0. The molecule has 2 nitrogen and oxygen atoms in total. The average Bonchev–Trinajstić information content (AvgIpc) is 2.71. The van der Waals surface area contributed by atoms with Gasteiger partial charge in [0, 0.05) is 17.7 Å².